The van der Waals surface area contributed by atoms with Crippen LogP contribution in [-0.2, 0) is 0 Å². The largest absolute Gasteiger partial charge is 0.353 e. The minimum Gasteiger partial charge on any atom is -0.353 e. The summed E-state index contributed by atoms with van der Waals surface area (Å²) in [4.78, 5) is 9.67. The van der Waals surface area contributed by atoms with E-state index in [0.717, 1.165) is 18.9 Å². The Morgan fingerprint density at radius 2 is 2.21 bits per heavy atom. The number of nitrogens with two attached hydrogens (primary N) is 1. The molecular formula is C15H24N4. The number of piperazine rings is 1. The van der Waals surface area contributed by atoms with E-state index in [0.29, 0.717) is 6.04 Å². The van der Waals surface area contributed by atoms with Crippen molar-refractivity contribution in [3.05, 3.63) is 23.9 Å². The Balaban J connectivity index is 1.79. The molecule has 19 heavy (non-hydrogen) atoms. The number of piperidine rings is 1. The number of pyridine rings is 1. The van der Waals surface area contributed by atoms with Crippen molar-refractivity contribution in [3.8, 4) is 0 Å². The number of hydrogen-bond acceptors (Lipinski definition) is 4. The predicted octanol–water partition coefficient (Wildman–Crippen LogP) is 1.78. The standard InChI is InChI=1S/C15H24N4/c1-12(16)14-6-4-7-17-15(14)19-10-9-18-8-3-2-5-13(18)11-19/h4,6-7,12-13H,2-3,5,8-11,16H2,1H3. The van der Waals surface area contributed by atoms with E-state index in [1.165, 1.54) is 37.9 Å². The third-order valence-electron chi connectivity index (χ3n) is 4.44. The van der Waals surface area contributed by atoms with Crippen molar-refractivity contribution in [2.24, 2.45) is 5.73 Å². The number of anilines is 1. The first-order valence-electron chi connectivity index (χ1n) is 7.45. The van der Waals surface area contributed by atoms with Crippen molar-refractivity contribution in [3.63, 3.8) is 0 Å². The summed E-state index contributed by atoms with van der Waals surface area (Å²) >= 11 is 0. The summed E-state index contributed by atoms with van der Waals surface area (Å²) < 4.78 is 0. The van der Waals surface area contributed by atoms with Crippen LogP contribution in [0.15, 0.2) is 18.3 Å². The molecule has 2 unspecified atom stereocenters. The van der Waals surface area contributed by atoms with Crippen LogP contribution in [0.4, 0.5) is 5.82 Å². The zero-order valence-corrected chi connectivity index (χ0v) is 11.8. The van der Waals surface area contributed by atoms with E-state index in [1.54, 1.807) is 0 Å². The van der Waals surface area contributed by atoms with Gasteiger partial charge in [0, 0.05) is 43.5 Å². The van der Waals surface area contributed by atoms with Crippen molar-refractivity contribution >= 4 is 5.82 Å². The van der Waals surface area contributed by atoms with Gasteiger partial charge in [-0.1, -0.05) is 12.5 Å². The van der Waals surface area contributed by atoms with Gasteiger partial charge in [-0.3, -0.25) is 4.90 Å². The molecule has 2 fully saturated rings. The molecule has 2 saturated heterocycles. The Labute approximate surface area is 115 Å². The normalized spacial score (nSPS) is 26.0. The van der Waals surface area contributed by atoms with E-state index >= 15 is 0 Å². The lowest BCUT2D eigenvalue weighted by molar-refractivity contribution is 0.133. The average Bonchev–Trinajstić information content (AvgIpc) is 2.46. The lowest BCUT2D eigenvalue weighted by Gasteiger charge is -2.45. The van der Waals surface area contributed by atoms with Gasteiger partial charge in [-0.2, -0.15) is 0 Å². The zero-order valence-electron chi connectivity index (χ0n) is 11.8. The molecule has 4 heteroatoms. The highest BCUT2D eigenvalue weighted by Gasteiger charge is 2.30. The van der Waals surface area contributed by atoms with Gasteiger partial charge in [0.15, 0.2) is 0 Å². The molecule has 3 heterocycles. The quantitative estimate of drug-likeness (QED) is 0.880. The summed E-state index contributed by atoms with van der Waals surface area (Å²) in [7, 11) is 0. The van der Waals surface area contributed by atoms with Gasteiger partial charge in [0.2, 0.25) is 0 Å². The maximum absolute atomic E-state index is 6.08. The van der Waals surface area contributed by atoms with Crippen LogP contribution < -0.4 is 10.6 Å². The topological polar surface area (TPSA) is 45.4 Å². The fourth-order valence-electron chi connectivity index (χ4n) is 3.38. The Morgan fingerprint density at radius 1 is 1.32 bits per heavy atom. The second kappa shape index (κ2) is 5.47. The molecule has 1 aromatic rings. The van der Waals surface area contributed by atoms with E-state index in [1.807, 2.05) is 19.2 Å². The summed E-state index contributed by atoms with van der Waals surface area (Å²) in [5.74, 6) is 1.10. The highest BCUT2D eigenvalue weighted by atomic mass is 15.3. The van der Waals surface area contributed by atoms with E-state index in [2.05, 4.69) is 20.9 Å². The van der Waals surface area contributed by atoms with Gasteiger partial charge in [0.25, 0.3) is 0 Å². The lowest BCUT2D eigenvalue weighted by Crippen LogP contribution is -2.55. The first-order valence-corrected chi connectivity index (χ1v) is 7.45. The van der Waals surface area contributed by atoms with Crippen molar-refractivity contribution in [1.82, 2.24) is 9.88 Å². The molecule has 0 saturated carbocycles. The van der Waals surface area contributed by atoms with Crippen LogP contribution in [0.1, 0.15) is 37.8 Å². The smallest absolute Gasteiger partial charge is 0.133 e. The second-order valence-electron chi connectivity index (χ2n) is 5.84. The van der Waals surface area contributed by atoms with E-state index in [-0.39, 0.29) is 6.04 Å². The maximum Gasteiger partial charge on any atom is 0.133 e. The number of nitrogens with zero attached hydrogens (tertiary/aromatic N) is 3. The fourth-order valence-corrected chi connectivity index (χ4v) is 3.38. The van der Waals surface area contributed by atoms with Crippen LogP contribution in [0.2, 0.25) is 0 Å². The van der Waals surface area contributed by atoms with Crippen LogP contribution in [0.5, 0.6) is 0 Å². The molecule has 104 valence electrons. The van der Waals surface area contributed by atoms with Crippen LogP contribution in [0.3, 0.4) is 0 Å². The SMILES string of the molecule is CC(N)c1cccnc1N1CCN2CCCCC2C1. The molecule has 0 radical (unpaired) electrons. The number of aromatic nitrogens is 1. The van der Waals surface area contributed by atoms with E-state index < -0.39 is 0 Å². The van der Waals surface area contributed by atoms with Gasteiger partial charge in [-0.15, -0.1) is 0 Å². The first-order chi connectivity index (χ1) is 9.25. The van der Waals surface area contributed by atoms with Gasteiger partial charge in [-0.25, -0.2) is 4.98 Å². The van der Waals surface area contributed by atoms with Crippen LogP contribution in [0.25, 0.3) is 0 Å². The fraction of sp³-hybridized carbons (Fsp3) is 0.667. The molecule has 0 spiro atoms. The molecule has 2 atom stereocenters. The molecular weight excluding hydrogens is 236 g/mol. The van der Waals surface area contributed by atoms with Gasteiger partial charge < -0.3 is 10.6 Å². The molecule has 0 amide bonds. The third-order valence-corrected chi connectivity index (χ3v) is 4.44. The predicted molar refractivity (Wildman–Crippen MR) is 78.3 cm³/mol. The van der Waals surface area contributed by atoms with Crippen LogP contribution >= 0.6 is 0 Å². The average molecular weight is 260 g/mol. The lowest BCUT2D eigenvalue weighted by atomic mass is 9.99. The monoisotopic (exact) mass is 260 g/mol. The maximum atomic E-state index is 6.08. The minimum absolute atomic E-state index is 0.0492. The summed E-state index contributed by atoms with van der Waals surface area (Å²) in [5, 5.41) is 0. The molecule has 2 aliphatic heterocycles. The molecule has 4 nitrogen and oxygen atoms in total. The Kier molecular flexibility index (Phi) is 3.71. The summed E-state index contributed by atoms with van der Waals surface area (Å²) in [5.41, 5.74) is 7.25. The minimum atomic E-state index is 0.0492. The summed E-state index contributed by atoms with van der Waals surface area (Å²) in [6, 6.07) is 4.86. The number of hydrogen-bond donors (Lipinski definition) is 1. The zero-order chi connectivity index (χ0) is 13.2. The highest BCUT2D eigenvalue weighted by molar-refractivity contribution is 5.48. The van der Waals surface area contributed by atoms with E-state index in [4.69, 9.17) is 5.73 Å². The molecule has 1 aromatic heterocycles. The van der Waals surface area contributed by atoms with Crippen molar-refractivity contribution in [1.29, 1.82) is 0 Å². The molecule has 2 N–H and O–H groups in total. The first kappa shape index (κ1) is 12.9. The highest BCUT2D eigenvalue weighted by Crippen LogP contribution is 2.27. The van der Waals surface area contributed by atoms with Crippen LogP contribution in [-0.4, -0.2) is 42.1 Å². The summed E-state index contributed by atoms with van der Waals surface area (Å²) in [6.45, 7) is 6.67. The van der Waals surface area contributed by atoms with E-state index in [9.17, 15) is 0 Å². The third kappa shape index (κ3) is 2.60. The van der Waals surface area contributed by atoms with Crippen LogP contribution in [0, 0.1) is 0 Å². The second-order valence-corrected chi connectivity index (χ2v) is 5.84. The number of fused-ring (bicyclic) bond motifs is 1. The van der Waals surface area contributed by atoms with Gasteiger partial charge in [0.1, 0.15) is 5.82 Å². The van der Waals surface area contributed by atoms with Crippen molar-refractivity contribution in [2.75, 3.05) is 31.1 Å². The molecule has 2 aliphatic rings. The molecule has 0 aromatic carbocycles. The van der Waals surface area contributed by atoms with Gasteiger partial charge in [-0.05, 0) is 32.4 Å². The molecule has 0 aliphatic carbocycles. The Morgan fingerprint density at radius 3 is 3.05 bits per heavy atom. The van der Waals surface area contributed by atoms with Crippen molar-refractivity contribution in [2.45, 2.75) is 38.3 Å². The molecule has 3 rings (SSSR count). The number of rotatable bonds is 2. The van der Waals surface area contributed by atoms with Gasteiger partial charge in [0.05, 0.1) is 0 Å². The Bertz CT molecular complexity index is 432. The summed E-state index contributed by atoms with van der Waals surface area (Å²) in [6.07, 6.45) is 5.95. The Hall–Kier alpha value is -1.13. The molecule has 0 bridgehead atoms. The van der Waals surface area contributed by atoms with Gasteiger partial charge >= 0.3 is 0 Å². The van der Waals surface area contributed by atoms with Crippen molar-refractivity contribution < 1.29 is 0 Å².